The van der Waals surface area contributed by atoms with Crippen molar-refractivity contribution in [2.75, 3.05) is 13.1 Å². The zero-order valence-corrected chi connectivity index (χ0v) is 18.5. The minimum atomic E-state index is -0.198. The standard InChI is InChI=1S/C24H34N4O2/c1-5-28(6-2)17-21-9-7-19(8-10-21)15-25-23(29)22-13-11-20(12-14-22)16-26-24(30)27-18(3)4/h7-14,18H,5-6,15-17H2,1-4H3,(H,25,29)(H2,26,27,30)/p+1. The summed E-state index contributed by atoms with van der Waals surface area (Å²) in [6, 6.07) is 15.6. The summed E-state index contributed by atoms with van der Waals surface area (Å²) >= 11 is 0. The maximum atomic E-state index is 12.4. The van der Waals surface area contributed by atoms with E-state index < -0.39 is 0 Å². The Kier molecular flexibility index (Phi) is 9.35. The molecule has 0 heterocycles. The Hall–Kier alpha value is -2.86. The van der Waals surface area contributed by atoms with Gasteiger partial charge in [-0.2, -0.15) is 0 Å². The van der Waals surface area contributed by atoms with Crippen LogP contribution in [0.3, 0.4) is 0 Å². The van der Waals surface area contributed by atoms with E-state index in [-0.39, 0.29) is 18.0 Å². The molecule has 3 amide bonds. The number of hydrogen-bond acceptors (Lipinski definition) is 2. The third kappa shape index (κ3) is 7.87. The van der Waals surface area contributed by atoms with Crippen molar-refractivity contribution in [2.24, 2.45) is 0 Å². The second-order valence-corrected chi connectivity index (χ2v) is 7.81. The number of carbonyl (C=O) groups is 2. The molecule has 0 atom stereocenters. The van der Waals surface area contributed by atoms with Gasteiger partial charge in [-0.3, -0.25) is 4.79 Å². The molecule has 0 aromatic heterocycles. The van der Waals surface area contributed by atoms with Crippen LogP contribution < -0.4 is 20.9 Å². The lowest BCUT2D eigenvalue weighted by Crippen LogP contribution is -3.10. The van der Waals surface area contributed by atoms with Gasteiger partial charge in [0.2, 0.25) is 0 Å². The molecule has 0 aliphatic rings. The van der Waals surface area contributed by atoms with Crippen LogP contribution in [0.5, 0.6) is 0 Å². The van der Waals surface area contributed by atoms with E-state index in [0.29, 0.717) is 18.7 Å². The van der Waals surface area contributed by atoms with E-state index in [1.165, 1.54) is 5.56 Å². The highest BCUT2D eigenvalue weighted by molar-refractivity contribution is 5.94. The van der Waals surface area contributed by atoms with Crippen molar-refractivity contribution in [1.29, 1.82) is 0 Å². The quantitative estimate of drug-likeness (QED) is 0.484. The van der Waals surface area contributed by atoms with Crippen LogP contribution in [0.15, 0.2) is 48.5 Å². The fourth-order valence-corrected chi connectivity index (χ4v) is 3.12. The van der Waals surface area contributed by atoms with Crippen molar-refractivity contribution in [1.82, 2.24) is 16.0 Å². The Balaban J connectivity index is 1.81. The molecular formula is C24H35N4O2+. The van der Waals surface area contributed by atoms with Crippen molar-refractivity contribution in [3.8, 4) is 0 Å². The van der Waals surface area contributed by atoms with E-state index >= 15 is 0 Å². The predicted octanol–water partition coefficient (Wildman–Crippen LogP) is 2.25. The lowest BCUT2D eigenvalue weighted by Gasteiger charge is -2.15. The topological polar surface area (TPSA) is 74.7 Å². The highest BCUT2D eigenvalue weighted by Gasteiger charge is 2.08. The summed E-state index contributed by atoms with van der Waals surface area (Å²) in [5.74, 6) is -0.108. The van der Waals surface area contributed by atoms with Gasteiger partial charge >= 0.3 is 6.03 Å². The maximum absolute atomic E-state index is 12.4. The monoisotopic (exact) mass is 411 g/mol. The molecule has 30 heavy (non-hydrogen) atoms. The summed E-state index contributed by atoms with van der Waals surface area (Å²) in [7, 11) is 0. The maximum Gasteiger partial charge on any atom is 0.315 e. The van der Waals surface area contributed by atoms with Crippen LogP contribution in [0.25, 0.3) is 0 Å². The van der Waals surface area contributed by atoms with E-state index in [9.17, 15) is 9.59 Å². The summed E-state index contributed by atoms with van der Waals surface area (Å²) in [5, 5.41) is 8.54. The molecule has 0 fully saturated rings. The summed E-state index contributed by atoms with van der Waals surface area (Å²) in [4.78, 5) is 25.6. The van der Waals surface area contributed by atoms with Gasteiger partial charge in [0.05, 0.1) is 13.1 Å². The average molecular weight is 412 g/mol. The molecule has 0 radical (unpaired) electrons. The number of nitrogens with one attached hydrogen (secondary N) is 4. The average Bonchev–Trinajstić information content (AvgIpc) is 2.75. The molecule has 0 aliphatic carbocycles. The second-order valence-electron chi connectivity index (χ2n) is 7.81. The third-order valence-electron chi connectivity index (χ3n) is 5.02. The number of carbonyl (C=O) groups excluding carboxylic acids is 2. The minimum Gasteiger partial charge on any atom is -0.348 e. The largest absolute Gasteiger partial charge is 0.348 e. The van der Waals surface area contributed by atoms with Gasteiger partial charge in [0, 0.05) is 30.3 Å². The molecular weight excluding hydrogens is 376 g/mol. The normalized spacial score (nSPS) is 10.9. The fraction of sp³-hybridized carbons (Fsp3) is 0.417. The summed E-state index contributed by atoms with van der Waals surface area (Å²) in [5.41, 5.74) is 3.94. The van der Waals surface area contributed by atoms with Gasteiger partial charge in [-0.05, 0) is 51.0 Å². The first-order chi connectivity index (χ1) is 14.4. The fourth-order valence-electron chi connectivity index (χ4n) is 3.12. The lowest BCUT2D eigenvalue weighted by molar-refractivity contribution is -0.910. The number of urea groups is 1. The number of rotatable bonds is 10. The van der Waals surface area contributed by atoms with Gasteiger partial charge in [0.1, 0.15) is 6.54 Å². The Morgan fingerprint density at radius 1 is 0.800 bits per heavy atom. The first kappa shape index (κ1) is 23.4. The van der Waals surface area contributed by atoms with Crippen molar-refractivity contribution < 1.29 is 14.5 Å². The molecule has 0 bridgehead atoms. The van der Waals surface area contributed by atoms with Gasteiger partial charge in [-0.15, -0.1) is 0 Å². The molecule has 6 heteroatoms. The smallest absolute Gasteiger partial charge is 0.315 e. The Morgan fingerprint density at radius 2 is 1.30 bits per heavy atom. The Morgan fingerprint density at radius 3 is 1.83 bits per heavy atom. The molecule has 6 nitrogen and oxygen atoms in total. The molecule has 0 aliphatic heterocycles. The minimum absolute atomic E-state index is 0.0933. The zero-order valence-electron chi connectivity index (χ0n) is 18.5. The van der Waals surface area contributed by atoms with Crippen molar-refractivity contribution in [2.45, 2.75) is 53.4 Å². The van der Waals surface area contributed by atoms with Crippen molar-refractivity contribution >= 4 is 11.9 Å². The van der Waals surface area contributed by atoms with Crippen LogP contribution in [0.1, 0.15) is 54.7 Å². The van der Waals surface area contributed by atoms with Crippen LogP contribution >= 0.6 is 0 Å². The van der Waals surface area contributed by atoms with Crippen molar-refractivity contribution in [3.05, 3.63) is 70.8 Å². The molecule has 0 spiro atoms. The summed E-state index contributed by atoms with van der Waals surface area (Å²) < 4.78 is 0. The first-order valence-corrected chi connectivity index (χ1v) is 10.7. The molecule has 162 valence electrons. The Bertz CT molecular complexity index is 797. The number of benzene rings is 2. The highest BCUT2D eigenvalue weighted by Crippen LogP contribution is 2.07. The first-order valence-electron chi connectivity index (χ1n) is 10.7. The second kappa shape index (κ2) is 12.0. The van der Waals surface area contributed by atoms with Crippen molar-refractivity contribution in [3.63, 3.8) is 0 Å². The van der Waals surface area contributed by atoms with Gasteiger partial charge in [0.15, 0.2) is 0 Å². The molecule has 4 N–H and O–H groups in total. The van der Waals surface area contributed by atoms with E-state index in [1.807, 2.05) is 26.0 Å². The van der Waals surface area contributed by atoms with Crippen LogP contribution in [0.4, 0.5) is 4.79 Å². The molecule has 2 aromatic rings. The molecule has 0 saturated carbocycles. The molecule has 0 unspecified atom stereocenters. The van der Waals surface area contributed by atoms with E-state index in [0.717, 1.165) is 30.8 Å². The van der Waals surface area contributed by atoms with Gasteiger partial charge in [0.25, 0.3) is 5.91 Å². The molecule has 2 aromatic carbocycles. The molecule has 0 saturated heterocycles. The van der Waals surface area contributed by atoms with E-state index in [4.69, 9.17) is 0 Å². The van der Waals surface area contributed by atoms with E-state index in [1.54, 1.807) is 17.0 Å². The number of amides is 3. The lowest BCUT2D eigenvalue weighted by atomic mass is 10.1. The predicted molar refractivity (Wildman–Crippen MR) is 120 cm³/mol. The van der Waals surface area contributed by atoms with Crippen LogP contribution in [0.2, 0.25) is 0 Å². The number of quaternary nitrogens is 1. The van der Waals surface area contributed by atoms with Gasteiger partial charge < -0.3 is 20.9 Å². The Labute approximate surface area is 180 Å². The van der Waals surface area contributed by atoms with Crippen LogP contribution in [-0.4, -0.2) is 31.1 Å². The number of hydrogen-bond donors (Lipinski definition) is 4. The molecule has 2 rings (SSSR count). The van der Waals surface area contributed by atoms with Gasteiger partial charge in [-0.25, -0.2) is 4.79 Å². The summed E-state index contributed by atoms with van der Waals surface area (Å²) in [6.45, 7) is 12.4. The SMILES string of the molecule is CC[NH+](CC)Cc1ccc(CNC(=O)c2ccc(CNC(=O)NC(C)C)cc2)cc1. The van der Waals surface area contributed by atoms with E-state index in [2.05, 4.69) is 54.1 Å². The van der Waals surface area contributed by atoms with Gasteiger partial charge in [-0.1, -0.05) is 36.4 Å². The summed E-state index contributed by atoms with van der Waals surface area (Å²) in [6.07, 6.45) is 0. The zero-order chi connectivity index (χ0) is 21.9. The van der Waals surface area contributed by atoms with Crippen LogP contribution in [0, 0.1) is 0 Å². The highest BCUT2D eigenvalue weighted by atomic mass is 16.2. The van der Waals surface area contributed by atoms with Crippen LogP contribution in [-0.2, 0) is 19.6 Å². The third-order valence-corrected chi connectivity index (χ3v) is 5.02.